The van der Waals surface area contributed by atoms with Crippen LogP contribution >= 0.6 is 11.3 Å². The zero-order valence-electron chi connectivity index (χ0n) is 8.62. The van der Waals surface area contributed by atoms with Crippen LogP contribution in [0.15, 0.2) is 16.8 Å². The fraction of sp³-hybridized carbons (Fsp3) is 0.600. The molecule has 0 aliphatic rings. The van der Waals surface area contributed by atoms with Gasteiger partial charge in [0.15, 0.2) is 0 Å². The van der Waals surface area contributed by atoms with Crippen molar-refractivity contribution in [1.29, 1.82) is 0 Å². The topological polar surface area (TPSA) is 41.5 Å². The van der Waals surface area contributed by atoms with Crippen LogP contribution in [0.2, 0.25) is 0 Å². The van der Waals surface area contributed by atoms with Gasteiger partial charge in [0.25, 0.3) is 0 Å². The quantitative estimate of drug-likeness (QED) is 0.700. The van der Waals surface area contributed by atoms with Crippen molar-refractivity contribution in [2.75, 3.05) is 26.8 Å². The highest BCUT2D eigenvalue weighted by atomic mass is 32.1. The van der Waals surface area contributed by atoms with Crippen LogP contribution in [0.1, 0.15) is 12.5 Å². The van der Waals surface area contributed by atoms with E-state index < -0.39 is 5.60 Å². The van der Waals surface area contributed by atoms with Crippen molar-refractivity contribution in [3.05, 3.63) is 22.4 Å². The summed E-state index contributed by atoms with van der Waals surface area (Å²) >= 11 is 1.60. The molecule has 1 aromatic heterocycles. The number of aliphatic hydroxyl groups is 1. The maximum atomic E-state index is 10.1. The van der Waals surface area contributed by atoms with Crippen LogP contribution in [0.3, 0.4) is 0 Å². The molecule has 0 aliphatic carbocycles. The van der Waals surface area contributed by atoms with Crippen molar-refractivity contribution in [2.45, 2.75) is 12.5 Å². The molecule has 80 valence electrons. The number of methoxy groups -OCH3 is 1. The summed E-state index contributed by atoms with van der Waals surface area (Å²) < 4.78 is 4.91. The monoisotopic (exact) mass is 215 g/mol. The lowest BCUT2D eigenvalue weighted by Crippen LogP contribution is -2.36. The van der Waals surface area contributed by atoms with Crippen LogP contribution in [-0.2, 0) is 10.3 Å². The van der Waals surface area contributed by atoms with Gasteiger partial charge in [0, 0.05) is 20.2 Å². The second-order valence-electron chi connectivity index (χ2n) is 3.46. The normalized spacial score (nSPS) is 15.4. The Bertz CT molecular complexity index is 247. The molecule has 0 bridgehead atoms. The Labute approximate surface area is 88.7 Å². The Morgan fingerprint density at radius 1 is 1.64 bits per heavy atom. The molecule has 1 rings (SSSR count). The molecule has 0 radical (unpaired) electrons. The average Bonchev–Trinajstić information content (AvgIpc) is 2.65. The van der Waals surface area contributed by atoms with Gasteiger partial charge in [-0.2, -0.15) is 11.3 Å². The third kappa shape index (κ3) is 3.38. The molecule has 0 saturated carbocycles. The van der Waals surface area contributed by atoms with Crippen molar-refractivity contribution in [2.24, 2.45) is 0 Å². The smallest absolute Gasteiger partial charge is 0.1000 e. The van der Waals surface area contributed by atoms with Gasteiger partial charge in [-0.25, -0.2) is 0 Å². The van der Waals surface area contributed by atoms with Crippen molar-refractivity contribution in [3.8, 4) is 0 Å². The zero-order valence-corrected chi connectivity index (χ0v) is 9.43. The van der Waals surface area contributed by atoms with Gasteiger partial charge in [-0.1, -0.05) is 0 Å². The summed E-state index contributed by atoms with van der Waals surface area (Å²) in [6.07, 6.45) is 0. The maximum absolute atomic E-state index is 10.1. The van der Waals surface area contributed by atoms with E-state index in [0.29, 0.717) is 13.2 Å². The molecule has 0 fully saturated rings. The summed E-state index contributed by atoms with van der Waals surface area (Å²) in [4.78, 5) is 0. The predicted octanol–water partition coefficient (Wildman–Crippen LogP) is 1.19. The van der Waals surface area contributed by atoms with Gasteiger partial charge in [0.2, 0.25) is 0 Å². The summed E-state index contributed by atoms with van der Waals surface area (Å²) in [5.74, 6) is 0. The lowest BCUT2D eigenvalue weighted by atomic mass is 9.99. The second-order valence-corrected chi connectivity index (χ2v) is 4.24. The van der Waals surface area contributed by atoms with Crippen molar-refractivity contribution < 1.29 is 9.84 Å². The molecule has 0 aromatic carbocycles. The van der Waals surface area contributed by atoms with E-state index in [1.54, 1.807) is 18.4 Å². The highest BCUT2D eigenvalue weighted by Crippen LogP contribution is 2.21. The number of nitrogens with one attached hydrogen (secondary N) is 1. The van der Waals surface area contributed by atoms with Crippen LogP contribution < -0.4 is 5.32 Å². The molecule has 0 amide bonds. The van der Waals surface area contributed by atoms with E-state index in [9.17, 15) is 5.11 Å². The molecule has 1 unspecified atom stereocenters. The van der Waals surface area contributed by atoms with Gasteiger partial charge in [0.05, 0.1) is 12.2 Å². The van der Waals surface area contributed by atoms with E-state index >= 15 is 0 Å². The molecule has 3 nitrogen and oxygen atoms in total. The predicted molar refractivity (Wildman–Crippen MR) is 58.6 cm³/mol. The lowest BCUT2D eigenvalue weighted by molar-refractivity contribution is 0.0554. The van der Waals surface area contributed by atoms with E-state index in [1.165, 1.54) is 0 Å². The highest BCUT2D eigenvalue weighted by molar-refractivity contribution is 7.08. The lowest BCUT2D eigenvalue weighted by Gasteiger charge is -2.22. The molecule has 0 saturated heterocycles. The summed E-state index contributed by atoms with van der Waals surface area (Å²) in [7, 11) is 1.67. The second kappa shape index (κ2) is 5.46. The Balaban J connectivity index is 2.35. The Morgan fingerprint density at radius 2 is 2.43 bits per heavy atom. The van der Waals surface area contributed by atoms with E-state index in [2.05, 4.69) is 5.32 Å². The summed E-state index contributed by atoms with van der Waals surface area (Å²) in [5, 5.41) is 17.2. The fourth-order valence-electron chi connectivity index (χ4n) is 1.18. The van der Waals surface area contributed by atoms with Crippen LogP contribution in [0, 0.1) is 0 Å². The summed E-state index contributed by atoms with van der Waals surface area (Å²) in [5.41, 5.74) is 0.181. The molecule has 1 atom stereocenters. The first-order valence-corrected chi connectivity index (χ1v) is 5.56. The molecule has 1 heterocycles. The maximum Gasteiger partial charge on any atom is 0.1000 e. The molecular weight excluding hydrogens is 198 g/mol. The van der Waals surface area contributed by atoms with Gasteiger partial charge in [-0.05, 0) is 29.3 Å². The number of thiophene rings is 1. The van der Waals surface area contributed by atoms with Gasteiger partial charge in [-0.15, -0.1) is 0 Å². The number of ether oxygens (including phenoxy) is 1. The van der Waals surface area contributed by atoms with E-state index in [4.69, 9.17) is 4.74 Å². The summed E-state index contributed by atoms with van der Waals surface area (Å²) in [6.45, 7) is 3.79. The number of rotatable bonds is 6. The molecule has 0 spiro atoms. The number of hydrogen-bond acceptors (Lipinski definition) is 4. The van der Waals surface area contributed by atoms with Crippen molar-refractivity contribution in [3.63, 3.8) is 0 Å². The van der Waals surface area contributed by atoms with Gasteiger partial charge in [0.1, 0.15) is 0 Å². The Morgan fingerprint density at radius 3 is 3.00 bits per heavy atom. The highest BCUT2D eigenvalue weighted by Gasteiger charge is 2.22. The van der Waals surface area contributed by atoms with Crippen LogP contribution in [0.25, 0.3) is 0 Å². The summed E-state index contributed by atoms with van der Waals surface area (Å²) in [6, 6.07) is 1.95. The Kier molecular flexibility index (Phi) is 4.54. The molecule has 4 heteroatoms. The van der Waals surface area contributed by atoms with Crippen molar-refractivity contribution >= 4 is 11.3 Å². The largest absolute Gasteiger partial charge is 0.384 e. The molecule has 0 aliphatic heterocycles. The van der Waals surface area contributed by atoms with Gasteiger partial charge >= 0.3 is 0 Å². The van der Waals surface area contributed by atoms with Gasteiger partial charge < -0.3 is 15.2 Å². The number of hydrogen-bond donors (Lipinski definition) is 2. The van der Waals surface area contributed by atoms with E-state index in [0.717, 1.165) is 12.1 Å². The first-order valence-electron chi connectivity index (χ1n) is 4.61. The van der Waals surface area contributed by atoms with Crippen LogP contribution in [0.4, 0.5) is 0 Å². The SMILES string of the molecule is COCCNCC(C)(O)c1ccsc1. The molecule has 1 aromatic rings. The third-order valence-corrected chi connectivity index (χ3v) is 2.78. The van der Waals surface area contributed by atoms with Crippen LogP contribution in [-0.4, -0.2) is 31.9 Å². The minimum Gasteiger partial charge on any atom is -0.384 e. The van der Waals surface area contributed by atoms with Crippen molar-refractivity contribution in [1.82, 2.24) is 5.32 Å². The fourth-order valence-corrected chi connectivity index (χ4v) is 1.96. The third-order valence-electron chi connectivity index (χ3n) is 2.10. The van der Waals surface area contributed by atoms with Gasteiger partial charge in [-0.3, -0.25) is 0 Å². The van der Waals surface area contributed by atoms with Crippen LogP contribution in [0.5, 0.6) is 0 Å². The minimum atomic E-state index is -0.784. The van der Waals surface area contributed by atoms with E-state index in [1.807, 2.05) is 23.8 Å². The molecular formula is C10H17NO2S. The first kappa shape index (κ1) is 11.7. The van der Waals surface area contributed by atoms with E-state index in [-0.39, 0.29) is 0 Å². The first-order chi connectivity index (χ1) is 6.67. The standard InChI is InChI=1S/C10H17NO2S/c1-10(12,8-11-4-5-13-2)9-3-6-14-7-9/h3,6-7,11-12H,4-5,8H2,1-2H3. The average molecular weight is 215 g/mol. The minimum absolute atomic E-state index is 0.549. The zero-order chi connectivity index (χ0) is 10.4. The molecule has 2 N–H and O–H groups in total. The molecule has 14 heavy (non-hydrogen) atoms. The Hall–Kier alpha value is -0.420.